The molecule has 0 radical (unpaired) electrons. The lowest BCUT2D eigenvalue weighted by molar-refractivity contribution is 0.555. The lowest BCUT2D eigenvalue weighted by atomic mass is 10.4. The van der Waals surface area contributed by atoms with E-state index < -0.39 is 0 Å². The Bertz CT molecular complexity index is 438. The highest BCUT2D eigenvalue weighted by Gasteiger charge is 2.08. The van der Waals surface area contributed by atoms with Gasteiger partial charge in [0.2, 0.25) is 0 Å². The Balaban J connectivity index is 2.13. The van der Waals surface area contributed by atoms with Gasteiger partial charge in [-0.15, -0.1) is 11.3 Å². The average molecular weight is 287 g/mol. The van der Waals surface area contributed by atoms with Gasteiger partial charge in [0, 0.05) is 11.1 Å². The van der Waals surface area contributed by atoms with Crippen molar-refractivity contribution in [2.24, 2.45) is 0 Å². The highest BCUT2D eigenvalue weighted by atomic mass is 79.9. The summed E-state index contributed by atoms with van der Waals surface area (Å²) in [6, 6.07) is 3.80. The smallest absolute Gasteiger partial charge is 0.170 e. The summed E-state index contributed by atoms with van der Waals surface area (Å²) in [6.45, 7) is 0.976. The van der Waals surface area contributed by atoms with Gasteiger partial charge >= 0.3 is 0 Å². The first-order valence-corrected chi connectivity index (χ1v) is 6.25. The molecule has 0 unspecified atom stereocenters. The molecule has 2 heterocycles. The van der Waals surface area contributed by atoms with E-state index in [1.165, 1.54) is 4.88 Å². The number of likely N-dealkylation sites (N-methyl/N-ethyl adjacent to an activating group) is 1. The SMILES string of the molecule is CNCCc1cnc(-c2ccc(Br)o2)s1. The van der Waals surface area contributed by atoms with Crippen LogP contribution in [0.3, 0.4) is 0 Å². The van der Waals surface area contributed by atoms with Gasteiger partial charge in [0.25, 0.3) is 0 Å². The molecule has 0 aliphatic rings. The average Bonchev–Trinajstić information content (AvgIpc) is 2.83. The fourth-order valence-corrected chi connectivity index (χ4v) is 2.39. The number of nitrogens with zero attached hydrogens (tertiary/aromatic N) is 1. The fraction of sp³-hybridized carbons (Fsp3) is 0.300. The molecule has 5 heteroatoms. The summed E-state index contributed by atoms with van der Waals surface area (Å²) < 4.78 is 6.18. The summed E-state index contributed by atoms with van der Waals surface area (Å²) in [5.41, 5.74) is 0. The lowest BCUT2D eigenvalue weighted by Crippen LogP contribution is -2.09. The van der Waals surface area contributed by atoms with Gasteiger partial charge in [-0.1, -0.05) is 0 Å². The molecule has 0 spiro atoms. The second-order valence-electron chi connectivity index (χ2n) is 3.09. The molecule has 2 rings (SSSR count). The number of furan rings is 1. The Morgan fingerprint density at radius 1 is 1.53 bits per heavy atom. The summed E-state index contributed by atoms with van der Waals surface area (Å²) in [4.78, 5) is 5.60. The molecule has 0 saturated carbocycles. The lowest BCUT2D eigenvalue weighted by Gasteiger charge is -1.93. The second-order valence-corrected chi connectivity index (χ2v) is 4.99. The quantitative estimate of drug-likeness (QED) is 0.939. The van der Waals surface area contributed by atoms with Crippen LogP contribution in [0.5, 0.6) is 0 Å². The predicted octanol–water partition coefficient (Wildman–Crippen LogP) is 2.93. The maximum Gasteiger partial charge on any atom is 0.170 e. The van der Waals surface area contributed by atoms with Crippen LogP contribution in [-0.4, -0.2) is 18.6 Å². The summed E-state index contributed by atoms with van der Waals surface area (Å²) >= 11 is 4.95. The number of halogens is 1. The minimum Gasteiger partial charge on any atom is -0.447 e. The Labute approximate surface area is 101 Å². The highest BCUT2D eigenvalue weighted by Crippen LogP contribution is 2.28. The van der Waals surface area contributed by atoms with Crippen LogP contribution in [0, 0.1) is 0 Å². The minimum atomic E-state index is 0.740. The third-order valence-corrected chi connectivity index (χ3v) is 3.46. The largest absolute Gasteiger partial charge is 0.447 e. The van der Waals surface area contributed by atoms with Gasteiger partial charge in [0.15, 0.2) is 15.4 Å². The zero-order chi connectivity index (χ0) is 10.7. The van der Waals surface area contributed by atoms with Gasteiger partial charge in [0.05, 0.1) is 0 Å². The van der Waals surface area contributed by atoms with Crippen molar-refractivity contribution in [3.05, 3.63) is 27.9 Å². The van der Waals surface area contributed by atoms with E-state index in [1.807, 2.05) is 25.4 Å². The van der Waals surface area contributed by atoms with Gasteiger partial charge in [-0.25, -0.2) is 4.98 Å². The van der Waals surface area contributed by atoms with Crippen molar-refractivity contribution in [3.63, 3.8) is 0 Å². The molecule has 0 atom stereocenters. The van der Waals surface area contributed by atoms with Crippen molar-refractivity contribution in [2.75, 3.05) is 13.6 Å². The topological polar surface area (TPSA) is 38.1 Å². The molecule has 0 saturated heterocycles. The Kier molecular flexibility index (Phi) is 3.56. The van der Waals surface area contributed by atoms with Crippen molar-refractivity contribution in [1.82, 2.24) is 10.3 Å². The van der Waals surface area contributed by atoms with Crippen LogP contribution in [-0.2, 0) is 6.42 Å². The van der Waals surface area contributed by atoms with E-state index in [2.05, 4.69) is 26.2 Å². The minimum absolute atomic E-state index is 0.740. The normalized spacial score (nSPS) is 10.8. The van der Waals surface area contributed by atoms with E-state index in [4.69, 9.17) is 4.42 Å². The number of hydrogen-bond donors (Lipinski definition) is 1. The standard InChI is InChI=1S/C10H11BrN2OS/c1-12-5-4-7-6-13-10(15-7)8-2-3-9(11)14-8/h2-3,6,12H,4-5H2,1H3. The molecule has 0 fully saturated rings. The first-order chi connectivity index (χ1) is 7.29. The third-order valence-electron chi connectivity index (χ3n) is 1.96. The van der Waals surface area contributed by atoms with Crippen molar-refractivity contribution >= 4 is 27.3 Å². The molecule has 3 nitrogen and oxygen atoms in total. The van der Waals surface area contributed by atoms with E-state index in [9.17, 15) is 0 Å². The molecule has 0 bridgehead atoms. The van der Waals surface area contributed by atoms with E-state index in [0.29, 0.717) is 0 Å². The first kappa shape index (κ1) is 10.9. The van der Waals surface area contributed by atoms with Crippen molar-refractivity contribution in [2.45, 2.75) is 6.42 Å². The van der Waals surface area contributed by atoms with Gasteiger partial charge in [-0.3, -0.25) is 0 Å². The Morgan fingerprint density at radius 3 is 3.07 bits per heavy atom. The zero-order valence-corrected chi connectivity index (χ0v) is 10.7. The van der Waals surface area contributed by atoms with E-state index in [0.717, 1.165) is 28.4 Å². The number of rotatable bonds is 4. The molecular formula is C10H11BrN2OS. The Hall–Kier alpha value is -0.650. The number of nitrogens with one attached hydrogen (secondary N) is 1. The van der Waals surface area contributed by atoms with Crippen LogP contribution in [0.2, 0.25) is 0 Å². The predicted molar refractivity (Wildman–Crippen MR) is 65.1 cm³/mol. The van der Waals surface area contributed by atoms with Crippen LogP contribution in [0.1, 0.15) is 4.88 Å². The molecule has 1 N–H and O–H groups in total. The van der Waals surface area contributed by atoms with Crippen molar-refractivity contribution in [3.8, 4) is 10.8 Å². The van der Waals surface area contributed by atoms with Gasteiger partial charge < -0.3 is 9.73 Å². The van der Waals surface area contributed by atoms with E-state index in [1.54, 1.807) is 11.3 Å². The van der Waals surface area contributed by atoms with Gasteiger partial charge in [-0.2, -0.15) is 0 Å². The van der Waals surface area contributed by atoms with Crippen LogP contribution in [0.25, 0.3) is 10.8 Å². The maximum atomic E-state index is 5.44. The second kappa shape index (κ2) is 4.92. The molecule has 0 aliphatic heterocycles. The molecule has 0 aliphatic carbocycles. The molecule has 2 aromatic heterocycles. The summed E-state index contributed by atoms with van der Waals surface area (Å²) in [5, 5.41) is 4.05. The highest BCUT2D eigenvalue weighted by molar-refractivity contribution is 9.10. The number of hydrogen-bond acceptors (Lipinski definition) is 4. The molecule has 0 amide bonds. The van der Waals surface area contributed by atoms with E-state index in [-0.39, 0.29) is 0 Å². The monoisotopic (exact) mass is 286 g/mol. The molecule has 2 aromatic rings. The van der Waals surface area contributed by atoms with Gasteiger partial charge in [-0.05, 0) is 48.1 Å². The van der Waals surface area contributed by atoms with Crippen LogP contribution in [0.15, 0.2) is 27.4 Å². The van der Waals surface area contributed by atoms with E-state index >= 15 is 0 Å². The summed E-state index contributed by atoms with van der Waals surface area (Å²) in [5.74, 6) is 0.822. The molecular weight excluding hydrogens is 276 g/mol. The summed E-state index contributed by atoms with van der Waals surface area (Å²) in [6.07, 6.45) is 2.92. The van der Waals surface area contributed by atoms with Crippen molar-refractivity contribution in [1.29, 1.82) is 0 Å². The molecule has 15 heavy (non-hydrogen) atoms. The summed E-state index contributed by atoms with van der Waals surface area (Å²) in [7, 11) is 1.95. The Morgan fingerprint density at radius 2 is 2.40 bits per heavy atom. The van der Waals surface area contributed by atoms with Crippen LogP contribution in [0.4, 0.5) is 0 Å². The zero-order valence-electron chi connectivity index (χ0n) is 8.29. The molecule has 0 aromatic carbocycles. The number of thiazole rings is 1. The van der Waals surface area contributed by atoms with Crippen LogP contribution >= 0.6 is 27.3 Å². The molecule has 80 valence electrons. The van der Waals surface area contributed by atoms with Gasteiger partial charge in [0.1, 0.15) is 0 Å². The van der Waals surface area contributed by atoms with Crippen LogP contribution < -0.4 is 5.32 Å². The third kappa shape index (κ3) is 2.68. The first-order valence-electron chi connectivity index (χ1n) is 4.64. The fourth-order valence-electron chi connectivity index (χ4n) is 1.21. The number of aromatic nitrogens is 1. The van der Waals surface area contributed by atoms with Crippen molar-refractivity contribution < 1.29 is 4.42 Å². The maximum absolute atomic E-state index is 5.44.